The van der Waals surface area contributed by atoms with E-state index in [4.69, 9.17) is 14.2 Å². The fourth-order valence-corrected chi connectivity index (χ4v) is 1.89. The topological polar surface area (TPSA) is 68.2 Å². The van der Waals surface area contributed by atoms with Crippen molar-refractivity contribution >= 4 is 0 Å². The molecule has 102 valence electrons. The van der Waals surface area contributed by atoms with Gasteiger partial charge in [0.25, 0.3) is 0 Å². The van der Waals surface area contributed by atoms with E-state index in [0.717, 1.165) is 0 Å². The van der Waals surface area contributed by atoms with Gasteiger partial charge in [-0.05, 0) is 34.6 Å². The van der Waals surface area contributed by atoms with Crippen molar-refractivity contribution < 1.29 is 24.4 Å². The second-order valence-corrected chi connectivity index (χ2v) is 5.53. The lowest BCUT2D eigenvalue weighted by Gasteiger charge is -2.23. The summed E-state index contributed by atoms with van der Waals surface area (Å²) >= 11 is 0. The number of aliphatic hydroxyl groups is 2. The molecular formula is C12H24O5. The largest absolute Gasteiger partial charge is 0.391 e. The minimum absolute atomic E-state index is 0.0539. The molecule has 0 aliphatic carbocycles. The van der Waals surface area contributed by atoms with Crippen LogP contribution in [-0.4, -0.2) is 46.7 Å². The van der Waals surface area contributed by atoms with E-state index in [1.165, 1.54) is 13.8 Å². The van der Waals surface area contributed by atoms with Crippen molar-refractivity contribution in [2.24, 2.45) is 0 Å². The van der Waals surface area contributed by atoms with Crippen molar-refractivity contribution in [3.05, 3.63) is 0 Å². The van der Waals surface area contributed by atoms with Crippen LogP contribution in [0.3, 0.4) is 0 Å². The van der Waals surface area contributed by atoms with Gasteiger partial charge in [0.2, 0.25) is 0 Å². The van der Waals surface area contributed by atoms with Gasteiger partial charge < -0.3 is 24.4 Å². The van der Waals surface area contributed by atoms with E-state index >= 15 is 0 Å². The van der Waals surface area contributed by atoms with Gasteiger partial charge in [-0.1, -0.05) is 0 Å². The Labute approximate surface area is 103 Å². The molecule has 1 fully saturated rings. The maximum absolute atomic E-state index is 9.79. The molecule has 1 saturated heterocycles. The highest BCUT2D eigenvalue weighted by atomic mass is 16.7. The highest BCUT2D eigenvalue weighted by molar-refractivity contribution is 4.80. The molecule has 1 rings (SSSR count). The number of aliphatic hydroxyl groups excluding tert-OH is 1. The standard InChI is InChI=1S/C12H24O5/c1-8-10(17-12(4,5)16-8)6-9(13)7-15-11(2,3)14/h8-10,13-14H,6-7H2,1-5H3/t8-,9-,10+/m1/s1. The van der Waals surface area contributed by atoms with Gasteiger partial charge in [-0.25, -0.2) is 0 Å². The monoisotopic (exact) mass is 248 g/mol. The maximum Gasteiger partial charge on any atom is 0.163 e. The van der Waals surface area contributed by atoms with Gasteiger partial charge in [0.15, 0.2) is 11.6 Å². The molecule has 0 radical (unpaired) electrons. The summed E-state index contributed by atoms with van der Waals surface area (Å²) in [5.74, 6) is -1.82. The van der Waals surface area contributed by atoms with Crippen LogP contribution in [0.25, 0.3) is 0 Å². The van der Waals surface area contributed by atoms with E-state index in [9.17, 15) is 10.2 Å². The van der Waals surface area contributed by atoms with E-state index in [2.05, 4.69) is 0 Å². The molecule has 17 heavy (non-hydrogen) atoms. The van der Waals surface area contributed by atoms with E-state index < -0.39 is 17.7 Å². The molecule has 1 aliphatic rings. The summed E-state index contributed by atoms with van der Waals surface area (Å²) in [5, 5.41) is 19.2. The van der Waals surface area contributed by atoms with Crippen molar-refractivity contribution in [3.8, 4) is 0 Å². The third-order valence-electron chi connectivity index (χ3n) is 2.56. The van der Waals surface area contributed by atoms with Crippen LogP contribution in [0.1, 0.15) is 41.0 Å². The zero-order valence-electron chi connectivity index (χ0n) is 11.3. The van der Waals surface area contributed by atoms with Gasteiger partial charge in [-0.3, -0.25) is 0 Å². The molecule has 5 heteroatoms. The fraction of sp³-hybridized carbons (Fsp3) is 1.00. The second-order valence-electron chi connectivity index (χ2n) is 5.53. The molecule has 0 aromatic carbocycles. The molecule has 1 heterocycles. The molecule has 0 saturated carbocycles. The molecule has 0 spiro atoms. The first-order valence-corrected chi connectivity index (χ1v) is 5.99. The smallest absolute Gasteiger partial charge is 0.163 e. The quantitative estimate of drug-likeness (QED) is 0.711. The van der Waals surface area contributed by atoms with Crippen LogP contribution in [-0.2, 0) is 14.2 Å². The highest BCUT2D eigenvalue weighted by Gasteiger charge is 2.39. The van der Waals surface area contributed by atoms with Crippen molar-refractivity contribution in [3.63, 3.8) is 0 Å². The molecule has 0 aromatic heterocycles. The summed E-state index contributed by atoms with van der Waals surface area (Å²) in [6.07, 6.45) is -0.445. The lowest BCUT2D eigenvalue weighted by molar-refractivity contribution is -0.194. The summed E-state index contributed by atoms with van der Waals surface area (Å²) in [4.78, 5) is 0. The van der Waals surface area contributed by atoms with Crippen LogP contribution < -0.4 is 0 Å². The van der Waals surface area contributed by atoms with Crippen LogP contribution in [0.2, 0.25) is 0 Å². The first-order valence-electron chi connectivity index (χ1n) is 5.99. The Hall–Kier alpha value is -0.200. The number of hydrogen-bond donors (Lipinski definition) is 2. The van der Waals surface area contributed by atoms with Gasteiger partial charge >= 0.3 is 0 Å². The Morgan fingerprint density at radius 1 is 1.35 bits per heavy atom. The van der Waals surface area contributed by atoms with Gasteiger partial charge in [0.1, 0.15) is 0 Å². The molecule has 0 unspecified atom stereocenters. The third kappa shape index (κ3) is 5.31. The zero-order chi connectivity index (χ0) is 13.3. The van der Waals surface area contributed by atoms with Gasteiger partial charge in [-0.2, -0.15) is 0 Å². The Bertz CT molecular complexity index is 246. The molecule has 0 aromatic rings. The summed E-state index contributed by atoms with van der Waals surface area (Å²) in [6.45, 7) is 8.76. The Morgan fingerprint density at radius 3 is 2.35 bits per heavy atom. The SMILES string of the molecule is C[C@H]1OC(C)(C)O[C@H]1C[C@@H](O)COC(C)(C)O. The normalized spacial score (nSPS) is 30.5. The van der Waals surface area contributed by atoms with Crippen molar-refractivity contribution in [2.45, 2.75) is 70.9 Å². The van der Waals surface area contributed by atoms with Gasteiger partial charge in [0, 0.05) is 6.42 Å². The van der Waals surface area contributed by atoms with Crippen molar-refractivity contribution in [2.75, 3.05) is 6.61 Å². The lowest BCUT2D eigenvalue weighted by Crippen LogP contribution is -2.32. The van der Waals surface area contributed by atoms with Gasteiger partial charge in [0.05, 0.1) is 24.9 Å². The zero-order valence-corrected chi connectivity index (χ0v) is 11.3. The first kappa shape index (κ1) is 14.9. The third-order valence-corrected chi connectivity index (χ3v) is 2.56. The molecule has 5 nitrogen and oxygen atoms in total. The van der Waals surface area contributed by atoms with Crippen LogP contribution in [0.15, 0.2) is 0 Å². The minimum Gasteiger partial charge on any atom is -0.391 e. The van der Waals surface area contributed by atoms with Gasteiger partial charge in [-0.15, -0.1) is 0 Å². The Balaban J connectivity index is 2.34. The molecule has 0 amide bonds. The minimum atomic E-state index is -1.22. The lowest BCUT2D eigenvalue weighted by atomic mass is 10.1. The molecule has 1 aliphatic heterocycles. The van der Waals surface area contributed by atoms with E-state index in [0.29, 0.717) is 6.42 Å². The van der Waals surface area contributed by atoms with Crippen molar-refractivity contribution in [1.29, 1.82) is 0 Å². The first-order chi connectivity index (χ1) is 7.59. The fourth-order valence-electron chi connectivity index (χ4n) is 1.89. The number of rotatable bonds is 5. The second kappa shape index (κ2) is 5.20. The number of ether oxygens (including phenoxy) is 3. The molecular weight excluding hydrogens is 224 g/mol. The Kier molecular flexibility index (Phi) is 4.54. The van der Waals surface area contributed by atoms with E-state index in [1.54, 1.807) is 0 Å². The molecule has 3 atom stereocenters. The van der Waals surface area contributed by atoms with Crippen LogP contribution in [0.4, 0.5) is 0 Å². The Morgan fingerprint density at radius 2 is 1.94 bits per heavy atom. The molecule has 2 N–H and O–H groups in total. The highest BCUT2D eigenvalue weighted by Crippen LogP contribution is 2.30. The van der Waals surface area contributed by atoms with Crippen LogP contribution >= 0.6 is 0 Å². The molecule has 0 bridgehead atoms. The van der Waals surface area contributed by atoms with Crippen LogP contribution in [0, 0.1) is 0 Å². The average molecular weight is 248 g/mol. The van der Waals surface area contributed by atoms with Crippen molar-refractivity contribution in [1.82, 2.24) is 0 Å². The predicted octanol–water partition coefficient (Wildman–Crippen LogP) is 1.02. The number of hydrogen-bond acceptors (Lipinski definition) is 5. The van der Waals surface area contributed by atoms with E-state index in [-0.39, 0.29) is 18.8 Å². The van der Waals surface area contributed by atoms with Crippen LogP contribution in [0.5, 0.6) is 0 Å². The summed E-state index contributed by atoms with van der Waals surface area (Å²) in [5.41, 5.74) is 0. The maximum atomic E-state index is 9.79. The summed E-state index contributed by atoms with van der Waals surface area (Å²) in [6, 6.07) is 0. The summed E-state index contributed by atoms with van der Waals surface area (Å²) < 4.78 is 16.3. The summed E-state index contributed by atoms with van der Waals surface area (Å²) in [7, 11) is 0. The van der Waals surface area contributed by atoms with E-state index in [1.807, 2.05) is 20.8 Å². The predicted molar refractivity (Wildman–Crippen MR) is 62.4 cm³/mol. The average Bonchev–Trinajstić information content (AvgIpc) is 2.35.